The molecule has 0 saturated heterocycles. The molecule has 0 atom stereocenters. The minimum Gasteiger partial charge on any atom is -0.440 e. The molecule has 1 heterocycles. The van der Waals surface area contributed by atoms with Crippen LogP contribution in [0.1, 0.15) is 41.6 Å². The lowest BCUT2D eigenvalue weighted by atomic mass is 10.1. The molecule has 0 bridgehead atoms. The van der Waals surface area contributed by atoms with Gasteiger partial charge in [-0.1, -0.05) is 19.9 Å². The van der Waals surface area contributed by atoms with Crippen LogP contribution in [0, 0.1) is 6.92 Å². The number of carbonyl (C=O) groups is 1. The molecular weight excluding hydrogens is 366 g/mol. The number of rotatable bonds is 5. The molecule has 0 radical (unpaired) electrons. The van der Waals surface area contributed by atoms with E-state index in [4.69, 9.17) is 4.42 Å². The number of aromatic nitrogens is 1. The average molecular weight is 387 g/mol. The van der Waals surface area contributed by atoms with Gasteiger partial charge < -0.3 is 9.73 Å². The summed E-state index contributed by atoms with van der Waals surface area (Å²) in [6, 6.07) is 9.63. The highest BCUT2D eigenvalue weighted by atomic mass is 32.2. The maximum absolute atomic E-state index is 12.7. The third-order valence-corrected chi connectivity index (χ3v) is 5.60. The zero-order valence-corrected chi connectivity index (χ0v) is 16.3. The van der Waals surface area contributed by atoms with Crippen molar-refractivity contribution in [1.82, 2.24) is 9.71 Å². The molecule has 0 aliphatic heterocycles. The maximum Gasteiger partial charge on any atom is 0.255 e. The van der Waals surface area contributed by atoms with Gasteiger partial charge in [-0.25, -0.2) is 18.1 Å². The number of fused-ring (bicyclic) bond motifs is 1. The number of amides is 1. The Hall–Kier alpha value is -2.71. The van der Waals surface area contributed by atoms with E-state index in [1.54, 1.807) is 31.2 Å². The van der Waals surface area contributed by atoms with Gasteiger partial charge in [0.15, 0.2) is 11.5 Å². The van der Waals surface area contributed by atoms with Crippen LogP contribution in [-0.4, -0.2) is 26.4 Å². The predicted molar refractivity (Wildman–Crippen MR) is 103 cm³/mol. The van der Waals surface area contributed by atoms with Crippen molar-refractivity contribution < 1.29 is 17.6 Å². The predicted octanol–water partition coefficient (Wildman–Crippen LogP) is 3.42. The van der Waals surface area contributed by atoms with Crippen molar-refractivity contribution in [1.29, 1.82) is 0 Å². The lowest BCUT2D eigenvalue weighted by molar-refractivity contribution is 0.102. The van der Waals surface area contributed by atoms with Crippen molar-refractivity contribution in [2.75, 3.05) is 12.4 Å². The maximum atomic E-state index is 12.7. The molecule has 8 heteroatoms. The Bertz CT molecular complexity index is 1120. The number of hydrogen-bond acceptors (Lipinski definition) is 5. The molecule has 2 aromatic carbocycles. The first-order chi connectivity index (χ1) is 12.7. The van der Waals surface area contributed by atoms with E-state index in [9.17, 15) is 13.2 Å². The highest BCUT2D eigenvalue weighted by Crippen LogP contribution is 2.24. The number of nitrogens with zero attached hydrogens (tertiary/aromatic N) is 1. The second kappa shape index (κ2) is 7.13. The summed E-state index contributed by atoms with van der Waals surface area (Å²) in [5.74, 6) is 0.400. The number of oxazole rings is 1. The largest absolute Gasteiger partial charge is 0.440 e. The van der Waals surface area contributed by atoms with Gasteiger partial charge in [-0.3, -0.25) is 4.79 Å². The lowest BCUT2D eigenvalue weighted by Gasteiger charge is -2.10. The molecule has 2 N–H and O–H groups in total. The zero-order valence-electron chi connectivity index (χ0n) is 15.5. The van der Waals surface area contributed by atoms with Crippen LogP contribution in [0.15, 0.2) is 45.7 Å². The molecule has 0 aliphatic rings. The second-order valence-electron chi connectivity index (χ2n) is 6.53. The monoisotopic (exact) mass is 387 g/mol. The molecule has 0 saturated carbocycles. The summed E-state index contributed by atoms with van der Waals surface area (Å²) in [7, 11) is -2.30. The first-order valence-corrected chi connectivity index (χ1v) is 9.95. The Balaban J connectivity index is 1.91. The van der Waals surface area contributed by atoms with Crippen LogP contribution in [0.25, 0.3) is 11.1 Å². The molecule has 0 fully saturated rings. The van der Waals surface area contributed by atoms with Crippen LogP contribution in [0.4, 0.5) is 5.69 Å². The van der Waals surface area contributed by atoms with Crippen LogP contribution >= 0.6 is 0 Å². The van der Waals surface area contributed by atoms with Crippen LogP contribution in [-0.2, 0) is 10.0 Å². The van der Waals surface area contributed by atoms with E-state index in [1.165, 1.54) is 19.2 Å². The fraction of sp³-hybridized carbons (Fsp3) is 0.263. The van der Waals surface area contributed by atoms with Gasteiger partial charge in [0, 0.05) is 17.2 Å². The first-order valence-electron chi connectivity index (χ1n) is 8.47. The first kappa shape index (κ1) is 19.1. The van der Waals surface area contributed by atoms with Gasteiger partial charge in [0.25, 0.3) is 5.91 Å². The van der Waals surface area contributed by atoms with Gasteiger partial charge in [-0.2, -0.15) is 0 Å². The number of hydrogen-bond donors (Lipinski definition) is 2. The Labute approximate surface area is 157 Å². The van der Waals surface area contributed by atoms with E-state index in [-0.39, 0.29) is 16.4 Å². The second-order valence-corrected chi connectivity index (χ2v) is 8.41. The molecule has 142 valence electrons. The number of anilines is 1. The summed E-state index contributed by atoms with van der Waals surface area (Å²) in [5, 5.41) is 2.79. The highest BCUT2D eigenvalue weighted by molar-refractivity contribution is 7.89. The van der Waals surface area contributed by atoms with Gasteiger partial charge in [0.2, 0.25) is 10.0 Å². The van der Waals surface area contributed by atoms with Crippen molar-refractivity contribution in [3.63, 3.8) is 0 Å². The van der Waals surface area contributed by atoms with Gasteiger partial charge in [0.05, 0.1) is 4.90 Å². The topological polar surface area (TPSA) is 101 Å². The molecule has 0 aliphatic carbocycles. The van der Waals surface area contributed by atoms with Crippen LogP contribution < -0.4 is 10.0 Å². The molecular formula is C19H21N3O4S. The smallest absolute Gasteiger partial charge is 0.255 e. The molecule has 0 unspecified atom stereocenters. The van der Waals surface area contributed by atoms with E-state index in [2.05, 4.69) is 15.0 Å². The van der Waals surface area contributed by atoms with Gasteiger partial charge in [-0.05, 0) is 49.9 Å². The molecule has 7 nitrogen and oxygen atoms in total. The standard InChI is InChI=1S/C19H21N3O4S/c1-11(2)19-22-16-9-13(6-8-17(16)26-19)21-18(23)15-10-14(7-5-12(15)3)27(24,25)20-4/h5-11,20H,1-4H3,(H,21,23). The lowest BCUT2D eigenvalue weighted by Crippen LogP contribution is -2.20. The van der Waals surface area contributed by atoms with Crippen molar-refractivity contribution in [2.45, 2.75) is 31.6 Å². The SMILES string of the molecule is CNS(=O)(=O)c1ccc(C)c(C(=O)Nc2ccc3oc(C(C)C)nc3c2)c1. The molecule has 1 aromatic heterocycles. The van der Waals surface area contributed by atoms with E-state index in [0.29, 0.717) is 28.2 Å². The molecule has 27 heavy (non-hydrogen) atoms. The zero-order chi connectivity index (χ0) is 19.8. The Kier molecular flexibility index (Phi) is 5.03. The van der Waals surface area contributed by atoms with E-state index in [1.807, 2.05) is 13.8 Å². The van der Waals surface area contributed by atoms with Gasteiger partial charge in [0.1, 0.15) is 5.52 Å². The number of aryl methyl sites for hydroxylation is 1. The minimum atomic E-state index is -3.63. The van der Waals surface area contributed by atoms with E-state index in [0.717, 1.165) is 0 Å². The summed E-state index contributed by atoms with van der Waals surface area (Å²) in [6.07, 6.45) is 0. The number of nitrogens with one attached hydrogen (secondary N) is 2. The van der Waals surface area contributed by atoms with Crippen molar-refractivity contribution in [3.8, 4) is 0 Å². The number of carbonyl (C=O) groups excluding carboxylic acids is 1. The van der Waals surface area contributed by atoms with Crippen LogP contribution in [0.2, 0.25) is 0 Å². The quantitative estimate of drug-likeness (QED) is 0.698. The molecule has 3 rings (SSSR count). The summed E-state index contributed by atoms with van der Waals surface area (Å²) in [5.41, 5.74) is 2.81. The third-order valence-electron chi connectivity index (χ3n) is 4.19. The average Bonchev–Trinajstić information content (AvgIpc) is 3.05. The van der Waals surface area contributed by atoms with E-state index >= 15 is 0 Å². The van der Waals surface area contributed by atoms with E-state index < -0.39 is 15.9 Å². The van der Waals surface area contributed by atoms with Crippen molar-refractivity contribution >= 4 is 32.7 Å². The van der Waals surface area contributed by atoms with Crippen molar-refractivity contribution in [2.24, 2.45) is 0 Å². The molecule has 1 amide bonds. The third kappa shape index (κ3) is 3.86. The molecule has 0 spiro atoms. The van der Waals surface area contributed by atoms with Gasteiger partial charge in [-0.15, -0.1) is 0 Å². The summed E-state index contributed by atoms with van der Waals surface area (Å²) in [6.45, 7) is 5.73. The Morgan fingerprint density at radius 1 is 1.15 bits per heavy atom. The Morgan fingerprint density at radius 3 is 2.56 bits per heavy atom. The van der Waals surface area contributed by atoms with Gasteiger partial charge >= 0.3 is 0 Å². The molecule has 3 aromatic rings. The fourth-order valence-corrected chi connectivity index (χ4v) is 3.36. The van der Waals surface area contributed by atoms with Crippen LogP contribution in [0.5, 0.6) is 0 Å². The minimum absolute atomic E-state index is 0.0364. The van der Waals surface area contributed by atoms with Crippen LogP contribution in [0.3, 0.4) is 0 Å². The number of sulfonamides is 1. The fourth-order valence-electron chi connectivity index (χ4n) is 2.60. The normalized spacial score (nSPS) is 11.9. The highest BCUT2D eigenvalue weighted by Gasteiger charge is 2.17. The summed E-state index contributed by atoms with van der Waals surface area (Å²) < 4.78 is 31.9. The summed E-state index contributed by atoms with van der Waals surface area (Å²) >= 11 is 0. The number of benzene rings is 2. The van der Waals surface area contributed by atoms with Crippen molar-refractivity contribution in [3.05, 3.63) is 53.4 Å². The Morgan fingerprint density at radius 2 is 1.89 bits per heavy atom. The summed E-state index contributed by atoms with van der Waals surface area (Å²) in [4.78, 5) is 17.1.